The Morgan fingerprint density at radius 3 is 2.47 bits per heavy atom. The van der Waals surface area contributed by atoms with Gasteiger partial charge in [0.15, 0.2) is 0 Å². The van der Waals surface area contributed by atoms with E-state index in [1.54, 1.807) is 11.1 Å². The van der Waals surface area contributed by atoms with Crippen molar-refractivity contribution in [1.82, 2.24) is 5.32 Å². The second-order valence-corrected chi connectivity index (χ2v) is 5.20. The molecule has 1 spiro atoms. The highest BCUT2D eigenvalue weighted by Gasteiger charge is 2.34. The maximum Gasteiger partial charge on any atom is -0.00435 e. The van der Waals surface area contributed by atoms with E-state index in [2.05, 4.69) is 29.6 Å². The largest absolute Gasteiger partial charge is 0.317 e. The predicted octanol–water partition coefficient (Wildman–Crippen LogP) is 2.55. The zero-order valence-corrected chi connectivity index (χ0v) is 9.26. The Hall–Kier alpha value is -0.820. The molecule has 2 aliphatic rings. The van der Waals surface area contributed by atoms with Crippen LogP contribution in [0, 0.1) is 5.41 Å². The number of nitrogens with one attached hydrogen (secondary N) is 1. The summed E-state index contributed by atoms with van der Waals surface area (Å²) in [6.07, 6.45) is 6.79. The number of aryl methyl sites for hydroxylation is 1. The van der Waals surface area contributed by atoms with Gasteiger partial charge in [-0.05, 0) is 61.7 Å². The predicted molar refractivity (Wildman–Crippen MR) is 63.0 cm³/mol. The first kappa shape index (κ1) is 9.41. The number of rotatable bonds is 0. The van der Waals surface area contributed by atoms with Crippen LogP contribution in [0.2, 0.25) is 0 Å². The van der Waals surface area contributed by atoms with Crippen LogP contribution in [-0.2, 0) is 12.8 Å². The van der Waals surface area contributed by atoms with Crippen molar-refractivity contribution in [2.45, 2.75) is 32.1 Å². The minimum atomic E-state index is 0.638. The van der Waals surface area contributed by atoms with Crippen LogP contribution in [0.15, 0.2) is 24.3 Å². The minimum Gasteiger partial charge on any atom is -0.317 e. The quantitative estimate of drug-likeness (QED) is 0.680. The van der Waals surface area contributed by atoms with Gasteiger partial charge in [-0.15, -0.1) is 0 Å². The topological polar surface area (TPSA) is 12.0 Å². The third-order valence-corrected chi connectivity index (χ3v) is 4.27. The van der Waals surface area contributed by atoms with Crippen LogP contribution in [0.3, 0.4) is 0 Å². The van der Waals surface area contributed by atoms with Crippen molar-refractivity contribution < 1.29 is 0 Å². The molecule has 1 N–H and O–H groups in total. The summed E-state index contributed by atoms with van der Waals surface area (Å²) in [5.74, 6) is 0. The van der Waals surface area contributed by atoms with Gasteiger partial charge in [0.25, 0.3) is 0 Å². The van der Waals surface area contributed by atoms with Crippen LogP contribution in [0.1, 0.15) is 30.4 Å². The zero-order valence-electron chi connectivity index (χ0n) is 9.26. The molecule has 1 fully saturated rings. The van der Waals surface area contributed by atoms with Gasteiger partial charge in [0.1, 0.15) is 0 Å². The molecule has 1 nitrogen and oxygen atoms in total. The Labute approximate surface area is 91.9 Å². The van der Waals surface area contributed by atoms with Crippen molar-refractivity contribution in [2.24, 2.45) is 5.41 Å². The van der Waals surface area contributed by atoms with E-state index < -0.39 is 0 Å². The SMILES string of the molecule is c1ccc2c(c1)CCC1(CCNCC1)C2. The van der Waals surface area contributed by atoms with Crippen LogP contribution in [-0.4, -0.2) is 13.1 Å². The average molecular weight is 201 g/mol. The molecule has 1 saturated heterocycles. The molecule has 0 radical (unpaired) electrons. The molecule has 1 aromatic carbocycles. The highest BCUT2D eigenvalue weighted by atomic mass is 14.9. The molecule has 0 amide bonds. The van der Waals surface area contributed by atoms with E-state index in [9.17, 15) is 0 Å². The first-order valence-electron chi connectivity index (χ1n) is 6.16. The lowest BCUT2D eigenvalue weighted by molar-refractivity contribution is 0.174. The van der Waals surface area contributed by atoms with Gasteiger partial charge in [0.05, 0.1) is 0 Å². The standard InChI is InChI=1S/C14H19N/c1-2-4-13-11-14(6-5-12(13)3-1)7-9-15-10-8-14/h1-4,15H,5-11H2. The summed E-state index contributed by atoms with van der Waals surface area (Å²) in [6.45, 7) is 2.45. The summed E-state index contributed by atoms with van der Waals surface area (Å²) >= 11 is 0. The van der Waals surface area contributed by atoms with E-state index in [0.29, 0.717) is 5.41 Å². The van der Waals surface area contributed by atoms with Gasteiger partial charge in [-0.3, -0.25) is 0 Å². The van der Waals surface area contributed by atoms with Gasteiger partial charge in [-0.2, -0.15) is 0 Å². The maximum atomic E-state index is 3.48. The van der Waals surface area contributed by atoms with Gasteiger partial charge in [-0.25, -0.2) is 0 Å². The first-order chi connectivity index (χ1) is 7.38. The van der Waals surface area contributed by atoms with Crippen molar-refractivity contribution in [3.8, 4) is 0 Å². The maximum absolute atomic E-state index is 3.48. The van der Waals surface area contributed by atoms with Crippen molar-refractivity contribution in [1.29, 1.82) is 0 Å². The summed E-state index contributed by atoms with van der Waals surface area (Å²) in [6, 6.07) is 9.01. The highest BCUT2D eigenvalue weighted by molar-refractivity contribution is 5.31. The third kappa shape index (κ3) is 1.69. The molecule has 15 heavy (non-hydrogen) atoms. The van der Waals surface area contributed by atoms with E-state index in [1.807, 2.05) is 0 Å². The monoisotopic (exact) mass is 201 g/mol. The Morgan fingerprint density at radius 2 is 1.67 bits per heavy atom. The van der Waals surface area contributed by atoms with Gasteiger partial charge < -0.3 is 5.32 Å². The average Bonchev–Trinajstić information content (AvgIpc) is 2.30. The highest BCUT2D eigenvalue weighted by Crippen LogP contribution is 2.41. The second-order valence-electron chi connectivity index (χ2n) is 5.20. The summed E-state index contributed by atoms with van der Waals surface area (Å²) in [7, 11) is 0. The van der Waals surface area contributed by atoms with E-state index in [0.717, 1.165) is 0 Å². The van der Waals surface area contributed by atoms with Crippen molar-refractivity contribution >= 4 is 0 Å². The molecule has 0 unspecified atom stereocenters. The lowest BCUT2D eigenvalue weighted by Gasteiger charge is -2.41. The molecule has 1 heterocycles. The Morgan fingerprint density at radius 1 is 0.933 bits per heavy atom. The molecule has 0 atom stereocenters. The fraction of sp³-hybridized carbons (Fsp3) is 0.571. The fourth-order valence-corrected chi connectivity index (χ4v) is 3.25. The Kier molecular flexibility index (Phi) is 2.28. The van der Waals surface area contributed by atoms with Crippen LogP contribution in [0.4, 0.5) is 0 Å². The van der Waals surface area contributed by atoms with Gasteiger partial charge in [0, 0.05) is 0 Å². The molecular formula is C14H19N. The van der Waals surface area contributed by atoms with Crippen LogP contribution in [0.5, 0.6) is 0 Å². The molecule has 0 saturated carbocycles. The number of hydrogen-bond donors (Lipinski definition) is 1. The summed E-state index contributed by atoms with van der Waals surface area (Å²) in [4.78, 5) is 0. The number of fused-ring (bicyclic) bond motifs is 1. The third-order valence-electron chi connectivity index (χ3n) is 4.27. The fourth-order valence-electron chi connectivity index (χ4n) is 3.25. The number of benzene rings is 1. The minimum absolute atomic E-state index is 0.638. The van der Waals surface area contributed by atoms with Crippen molar-refractivity contribution in [3.63, 3.8) is 0 Å². The lowest BCUT2D eigenvalue weighted by atomic mass is 9.66. The first-order valence-corrected chi connectivity index (χ1v) is 6.16. The number of piperidine rings is 1. The summed E-state index contributed by atoms with van der Waals surface area (Å²) < 4.78 is 0. The molecule has 80 valence electrons. The summed E-state index contributed by atoms with van der Waals surface area (Å²) in [5, 5.41) is 3.48. The molecule has 0 aromatic heterocycles. The van der Waals surface area contributed by atoms with E-state index in [4.69, 9.17) is 0 Å². The van der Waals surface area contributed by atoms with Crippen LogP contribution >= 0.6 is 0 Å². The Bertz CT molecular complexity index is 350. The molecule has 1 heteroatoms. The molecule has 3 rings (SSSR count). The molecular weight excluding hydrogens is 182 g/mol. The lowest BCUT2D eigenvalue weighted by Crippen LogP contribution is -2.40. The van der Waals surface area contributed by atoms with E-state index in [-0.39, 0.29) is 0 Å². The normalized spacial score (nSPS) is 23.7. The van der Waals surface area contributed by atoms with Gasteiger partial charge >= 0.3 is 0 Å². The van der Waals surface area contributed by atoms with Crippen molar-refractivity contribution in [2.75, 3.05) is 13.1 Å². The Balaban J connectivity index is 1.87. The van der Waals surface area contributed by atoms with Crippen LogP contribution in [0.25, 0.3) is 0 Å². The van der Waals surface area contributed by atoms with E-state index >= 15 is 0 Å². The van der Waals surface area contributed by atoms with Crippen LogP contribution < -0.4 is 5.32 Å². The smallest absolute Gasteiger partial charge is 0.00435 e. The molecule has 1 aromatic rings. The van der Waals surface area contributed by atoms with Crippen molar-refractivity contribution in [3.05, 3.63) is 35.4 Å². The van der Waals surface area contributed by atoms with E-state index in [1.165, 1.54) is 45.2 Å². The number of hydrogen-bond acceptors (Lipinski definition) is 1. The second kappa shape index (κ2) is 3.64. The molecule has 0 bridgehead atoms. The van der Waals surface area contributed by atoms with Gasteiger partial charge in [0.2, 0.25) is 0 Å². The zero-order chi connectivity index (χ0) is 10.1. The molecule has 1 aliphatic carbocycles. The summed E-state index contributed by atoms with van der Waals surface area (Å²) in [5.41, 5.74) is 3.85. The molecule has 1 aliphatic heterocycles. The van der Waals surface area contributed by atoms with Gasteiger partial charge in [-0.1, -0.05) is 24.3 Å².